The molecule has 0 bridgehead atoms. The van der Waals surface area contributed by atoms with Gasteiger partial charge in [0.25, 0.3) is 5.91 Å². The molecule has 1 aliphatic rings. The molecule has 0 aromatic heterocycles. The molecule has 25 heavy (non-hydrogen) atoms. The fourth-order valence-electron chi connectivity index (χ4n) is 2.92. The lowest BCUT2D eigenvalue weighted by Gasteiger charge is -2.15. The van der Waals surface area contributed by atoms with Gasteiger partial charge in [0.05, 0.1) is 13.7 Å². The number of halogens is 1. The summed E-state index contributed by atoms with van der Waals surface area (Å²) in [5, 5.41) is 2.70. The molecule has 0 saturated carbocycles. The maximum atomic E-state index is 13.5. The number of carbonyl (C=O) groups is 2. The summed E-state index contributed by atoms with van der Waals surface area (Å²) in [6.07, 6.45) is 1.21. The zero-order valence-electron chi connectivity index (χ0n) is 13.9. The number of imide groups is 1. The second-order valence-corrected chi connectivity index (χ2v) is 5.91. The molecule has 0 radical (unpaired) electrons. The van der Waals surface area contributed by atoms with E-state index in [9.17, 15) is 14.0 Å². The third-order valence-corrected chi connectivity index (χ3v) is 4.24. The van der Waals surface area contributed by atoms with Gasteiger partial charge in [-0.05, 0) is 36.6 Å². The first-order valence-corrected chi connectivity index (χ1v) is 8.06. The molecule has 1 heterocycles. The maximum Gasteiger partial charge on any atom is 0.325 e. The zero-order chi connectivity index (χ0) is 17.8. The van der Waals surface area contributed by atoms with Crippen LogP contribution >= 0.6 is 0 Å². The molecule has 3 rings (SSSR count). The van der Waals surface area contributed by atoms with Gasteiger partial charge in [0.2, 0.25) is 0 Å². The Morgan fingerprint density at radius 1 is 1.16 bits per heavy atom. The Labute approximate surface area is 145 Å². The summed E-state index contributed by atoms with van der Waals surface area (Å²) in [5.74, 6) is -0.300. The van der Waals surface area contributed by atoms with E-state index in [0.29, 0.717) is 24.2 Å². The second kappa shape index (κ2) is 7.34. The average Bonchev–Trinajstić information content (AvgIpc) is 2.89. The number of nitrogens with zero attached hydrogens (tertiary/aromatic N) is 1. The van der Waals surface area contributed by atoms with Crippen LogP contribution in [0.25, 0.3) is 0 Å². The summed E-state index contributed by atoms with van der Waals surface area (Å²) in [7, 11) is 1.46. The minimum Gasteiger partial charge on any atom is -0.496 e. The molecule has 1 saturated heterocycles. The molecular weight excluding hydrogens is 323 g/mol. The molecule has 130 valence electrons. The molecule has 2 aromatic rings. The molecular formula is C19H19FN2O3. The highest BCUT2D eigenvalue weighted by Crippen LogP contribution is 2.23. The van der Waals surface area contributed by atoms with Crippen LogP contribution in [0.1, 0.15) is 17.5 Å². The van der Waals surface area contributed by atoms with E-state index in [-0.39, 0.29) is 12.5 Å². The first-order chi connectivity index (χ1) is 12.1. The number of hydrogen-bond acceptors (Lipinski definition) is 3. The van der Waals surface area contributed by atoms with Gasteiger partial charge in [-0.2, -0.15) is 0 Å². The van der Waals surface area contributed by atoms with Crippen molar-refractivity contribution in [2.24, 2.45) is 0 Å². The summed E-state index contributed by atoms with van der Waals surface area (Å²) in [5.41, 5.74) is 1.56. The Balaban J connectivity index is 1.68. The SMILES string of the molecule is COc1ccc(F)cc1CN1C(=O)N[C@H](CCc2ccccc2)C1=O. The highest BCUT2D eigenvalue weighted by atomic mass is 19.1. The van der Waals surface area contributed by atoms with Crippen LogP contribution in [0, 0.1) is 5.82 Å². The molecule has 0 aliphatic carbocycles. The van der Waals surface area contributed by atoms with E-state index in [1.807, 2.05) is 30.3 Å². The smallest absolute Gasteiger partial charge is 0.325 e. The summed E-state index contributed by atoms with van der Waals surface area (Å²) < 4.78 is 18.7. The summed E-state index contributed by atoms with van der Waals surface area (Å²) in [6, 6.07) is 12.8. The van der Waals surface area contributed by atoms with Crippen molar-refractivity contribution in [3.05, 3.63) is 65.5 Å². The fourth-order valence-corrected chi connectivity index (χ4v) is 2.92. The number of methoxy groups -OCH3 is 1. The Bertz CT molecular complexity index is 779. The predicted molar refractivity (Wildman–Crippen MR) is 90.6 cm³/mol. The number of amides is 3. The highest BCUT2D eigenvalue weighted by molar-refractivity contribution is 6.04. The van der Waals surface area contributed by atoms with Crippen molar-refractivity contribution in [3.8, 4) is 5.75 Å². The topological polar surface area (TPSA) is 58.6 Å². The Hall–Kier alpha value is -2.89. The molecule has 2 aromatic carbocycles. The first kappa shape index (κ1) is 17.0. The molecule has 1 atom stereocenters. The standard InChI is InChI=1S/C19H19FN2O3/c1-25-17-10-8-15(20)11-14(17)12-22-18(23)16(21-19(22)24)9-7-13-5-3-2-4-6-13/h2-6,8,10-11,16H,7,9,12H2,1H3,(H,21,24)/t16-/m1/s1. The number of ether oxygens (including phenoxy) is 1. The van der Waals surface area contributed by atoms with Crippen LogP contribution in [0.4, 0.5) is 9.18 Å². The van der Waals surface area contributed by atoms with Crippen LogP contribution in [0.3, 0.4) is 0 Å². The maximum absolute atomic E-state index is 13.5. The van der Waals surface area contributed by atoms with E-state index in [2.05, 4.69) is 5.32 Å². The van der Waals surface area contributed by atoms with Crippen LogP contribution < -0.4 is 10.1 Å². The van der Waals surface area contributed by atoms with Crippen molar-refractivity contribution in [1.29, 1.82) is 0 Å². The van der Waals surface area contributed by atoms with Gasteiger partial charge in [0, 0.05) is 5.56 Å². The molecule has 3 amide bonds. The first-order valence-electron chi connectivity index (χ1n) is 8.06. The lowest BCUT2D eigenvalue weighted by Crippen LogP contribution is -2.31. The molecule has 1 N–H and O–H groups in total. The van der Waals surface area contributed by atoms with E-state index < -0.39 is 17.9 Å². The number of benzene rings is 2. The van der Waals surface area contributed by atoms with Crippen LogP contribution in [0.2, 0.25) is 0 Å². The number of carbonyl (C=O) groups excluding carboxylic acids is 2. The molecule has 0 unspecified atom stereocenters. The largest absolute Gasteiger partial charge is 0.496 e. The Morgan fingerprint density at radius 3 is 2.64 bits per heavy atom. The van der Waals surface area contributed by atoms with Gasteiger partial charge in [0.1, 0.15) is 17.6 Å². The monoisotopic (exact) mass is 342 g/mol. The third-order valence-electron chi connectivity index (χ3n) is 4.24. The molecule has 5 nitrogen and oxygen atoms in total. The summed E-state index contributed by atoms with van der Waals surface area (Å²) in [4.78, 5) is 25.8. The number of nitrogens with one attached hydrogen (secondary N) is 1. The van der Waals surface area contributed by atoms with Crippen molar-refractivity contribution in [1.82, 2.24) is 10.2 Å². The van der Waals surface area contributed by atoms with E-state index in [1.165, 1.54) is 25.3 Å². The summed E-state index contributed by atoms with van der Waals surface area (Å²) in [6.45, 7) is -0.0204. The van der Waals surface area contributed by atoms with E-state index in [4.69, 9.17) is 4.74 Å². The number of hydrogen-bond donors (Lipinski definition) is 1. The molecule has 0 spiro atoms. The van der Waals surface area contributed by atoms with Crippen molar-refractivity contribution in [3.63, 3.8) is 0 Å². The second-order valence-electron chi connectivity index (χ2n) is 5.91. The van der Waals surface area contributed by atoms with Gasteiger partial charge < -0.3 is 10.1 Å². The van der Waals surface area contributed by atoms with Crippen LogP contribution in [-0.2, 0) is 17.8 Å². The van der Waals surface area contributed by atoms with Crippen LogP contribution in [-0.4, -0.2) is 30.0 Å². The van der Waals surface area contributed by atoms with E-state index >= 15 is 0 Å². The van der Waals surface area contributed by atoms with Crippen molar-refractivity contribution >= 4 is 11.9 Å². The lowest BCUT2D eigenvalue weighted by molar-refractivity contribution is -0.128. The van der Waals surface area contributed by atoms with E-state index in [1.54, 1.807) is 0 Å². The lowest BCUT2D eigenvalue weighted by atomic mass is 10.1. The van der Waals surface area contributed by atoms with Gasteiger partial charge in [-0.1, -0.05) is 30.3 Å². The van der Waals surface area contributed by atoms with Crippen molar-refractivity contribution < 1.29 is 18.7 Å². The van der Waals surface area contributed by atoms with Crippen molar-refractivity contribution in [2.45, 2.75) is 25.4 Å². The van der Waals surface area contributed by atoms with Gasteiger partial charge in [0.15, 0.2) is 0 Å². The minimum absolute atomic E-state index is 0.0204. The highest BCUT2D eigenvalue weighted by Gasteiger charge is 2.37. The van der Waals surface area contributed by atoms with Gasteiger partial charge >= 0.3 is 6.03 Å². The van der Waals surface area contributed by atoms with Gasteiger partial charge in [-0.15, -0.1) is 0 Å². The molecule has 1 aliphatic heterocycles. The van der Waals surface area contributed by atoms with E-state index in [0.717, 1.165) is 10.5 Å². The summed E-state index contributed by atoms with van der Waals surface area (Å²) >= 11 is 0. The Morgan fingerprint density at radius 2 is 1.92 bits per heavy atom. The molecule has 1 fully saturated rings. The van der Waals surface area contributed by atoms with Crippen molar-refractivity contribution in [2.75, 3.05) is 7.11 Å². The number of aryl methyl sites for hydroxylation is 1. The third kappa shape index (κ3) is 3.79. The quantitative estimate of drug-likeness (QED) is 0.821. The van der Waals surface area contributed by atoms with Crippen LogP contribution in [0.5, 0.6) is 5.75 Å². The van der Waals surface area contributed by atoms with Gasteiger partial charge in [-0.25, -0.2) is 9.18 Å². The number of rotatable bonds is 6. The van der Waals surface area contributed by atoms with Crippen LogP contribution in [0.15, 0.2) is 48.5 Å². The molecule has 6 heteroatoms. The average molecular weight is 342 g/mol. The predicted octanol–water partition coefficient (Wildman–Crippen LogP) is 2.89. The van der Waals surface area contributed by atoms with Gasteiger partial charge in [-0.3, -0.25) is 9.69 Å². The Kier molecular flexibility index (Phi) is 4.97. The number of urea groups is 1. The normalized spacial score (nSPS) is 16.9. The zero-order valence-corrected chi connectivity index (χ0v) is 13.9. The minimum atomic E-state index is -0.563. The fraction of sp³-hybridized carbons (Fsp3) is 0.263.